The Hall–Kier alpha value is -2.44. The fourth-order valence-electron chi connectivity index (χ4n) is 2.99. The summed E-state index contributed by atoms with van der Waals surface area (Å²) in [6.07, 6.45) is 1.76. The Labute approximate surface area is 161 Å². The lowest BCUT2D eigenvalue weighted by Gasteiger charge is -2.34. The number of para-hydroxylation sites is 2. The van der Waals surface area contributed by atoms with E-state index in [0.717, 1.165) is 12.8 Å². The van der Waals surface area contributed by atoms with Crippen molar-refractivity contribution >= 4 is 17.7 Å². The molecule has 7 nitrogen and oxygen atoms in total. The molecule has 4 amide bonds. The molecule has 0 unspecified atom stereocenters. The second-order valence-electron chi connectivity index (χ2n) is 7.87. The van der Waals surface area contributed by atoms with Crippen LogP contribution in [-0.4, -0.2) is 48.7 Å². The van der Waals surface area contributed by atoms with Crippen LogP contribution in [0.3, 0.4) is 0 Å². The average Bonchev–Trinajstić information content (AvgIpc) is 2.61. The quantitative estimate of drug-likeness (QED) is 0.736. The Kier molecular flexibility index (Phi) is 7.33. The van der Waals surface area contributed by atoms with Gasteiger partial charge in [-0.25, -0.2) is 9.59 Å². The van der Waals surface area contributed by atoms with Crippen LogP contribution in [0.25, 0.3) is 0 Å². The highest BCUT2D eigenvalue weighted by Gasteiger charge is 2.25. The second-order valence-corrected chi connectivity index (χ2v) is 7.87. The first-order valence-electron chi connectivity index (χ1n) is 9.62. The number of rotatable bonds is 5. The molecule has 27 heavy (non-hydrogen) atoms. The van der Waals surface area contributed by atoms with Gasteiger partial charge in [0.15, 0.2) is 0 Å². The smallest absolute Gasteiger partial charge is 0.319 e. The van der Waals surface area contributed by atoms with Gasteiger partial charge in [-0.05, 0) is 58.6 Å². The number of nitrogens with zero attached hydrogens (tertiary/aromatic N) is 1. The number of hydrogen-bond donors (Lipinski definition) is 3. The number of ether oxygens (including phenoxy) is 1. The first-order chi connectivity index (χ1) is 12.8. The van der Waals surface area contributed by atoms with Crippen LogP contribution in [0, 0.1) is 5.92 Å². The molecular formula is C20H32N4O3. The van der Waals surface area contributed by atoms with E-state index in [1.807, 2.05) is 56.9 Å². The molecule has 1 aromatic rings. The minimum absolute atomic E-state index is 0.0146. The molecule has 0 aliphatic carbocycles. The standard InChI is InChI=1S/C20H32N4O3/c1-5-27-17-9-7-6-8-16(17)22-18(25)21-14-15-10-12-24(13-11-15)19(26)23-20(2,3)4/h6-9,15H,5,10-14H2,1-4H3,(H,23,26)(H2,21,22,25). The lowest BCUT2D eigenvalue weighted by Crippen LogP contribution is -2.51. The number of anilines is 1. The summed E-state index contributed by atoms with van der Waals surface area (Å²) in [5.74, 6) is 1.03. The predicted molar refractivity (Wildman–Crippen MR) is 107 cm³/mol. The van der Waals surface area contributed by atoms with Crippen LogP contribution < -0.4 is 20.7 Å². The van der Waals surface area contributed by atoms with Crippen LogP contribution >= 0.6 is 0 Å². The van der Waals surface area contributed by atoms with Crippen LogP contribution in [0.15, 0.2) is 24.3 Å². The van der Waals surface area contributed by atoms with Crippen molar-refractivity contribution in [2.45, 2.75) is 46.1 Å². The molecule has 3 N–H and O–H groups in total. The third kappa shape index (κ3) is 7.00. The van der Waals surface area contributed by atoms with Gasteiger partial charge in [0, 0.05) is 25.2 Å². The van der Waals surface area contributed by atoms with E-state index in [1.165, 1.54) is 0 Å². The van der Waals surface area contributed by atoms with Crippen molar-refractivity contribution in [1.29, 1.82) is 0 Å². The molecule has 7 heteroatoms. The minimum atomic E-state index is -0.241. The molecule has 1 aliphatic rings. The highest BCUT2D eigenvalue weighted by Crippen LogP contribution is 2.23. The number of nitrogens with one attached hydrogen (secondary N) is 3. The van der Waals surface area contributed by atoms with E-state index in [9.17, 15) is 9.59 Å². The van der Waals surface area contributed by atoms with Gasteiger partial charge in [0.1, 0.15) is 5.75 Å². The molecule has 0 saturated carbocycles. The molecule has 0 aromatic heterocycles. The summed E-state index contributed by atoms with van der Waals surface area (Å²) in [5, 5.41) is 8.76. The van der Waals surface area contributed by atoms with E-state index >= 15 is 0 Å². The zero-order valence-electron chi connectivity index (χ0n) is 16.8. The van der Waals surface area contributed by atoms with Crippen LogP contribution in [0.1, 0.15) is 40.5 Å². The third-order valence-electron chi connectivity index (χ3n) is 4.37. The summed E-state index contributed by atoms with van der Waals surface area (Å²) in [6.45, 7) is 10.4. The molecule has 1 saturated heterocycles. The number of carbonyl (C=O) groups is 2. The number of benzene rings is 1. The topological polar surface area (TPSA) is 82.7 Å². The molecule has 1 aromatic carbocycles. The number of amides is 4. The number of carbonyl (C=O) groups excluding carboxylic acids is 2. The van der Waals surface area contributed by atoms with Crippen molar-refractivity contribution in [1.82, 2.24) is 15.5 Å². The van der Waals surface area contributed by atoms with Gasteiger partial charge in [-0.15, -0.1) is 0 Å². The van der Waals surface area contributed by atoms with Gasteiger partial charge in [-0.3, -0.25) is 0 Å². The van der Waals surface area contributed by atoms with E-state index in [4.69, 9.17) is 4.74 Å². The van der Waals surface area contributed by atoms with Crippen molar-refractivity contribution in [2.24, 2.45) is 5.92 Å². The van der Waals surface area contributed by atoms with Gasteiger partial charge < -0.3 is 25.6 Å². The fraction of sp³-hybridized carbons (Fsp3) is 0.600. The summed E-state index contributed by atoms with van der Waals surface area (Å²) in [4.78, 5) is 26.2. The molecule has 0 atom stereocenters. The van der Waals surface area contributed by atoms with Gasteiger partial charge >= 0.3 is 12.1 Å². The highest BCUT2D eigenvalue weighted by atomic mass is 16.5. The third-order valence-corrected chi connectivity index (χ3v) is 4.37. The first-order valence-corrected chi connectivity index (χ1v) is 9.62. The average molecular weight is 377 g/mol. The Morgan fingerprint density at radius 1 is 1.19 bits per heavy atom. The van der Waals surface area contributed by atoms with E-state index < -0.39 is 0 Å². The first kappa shape index (κ1) is 20.9. The highest BCUT2D eigenvalue weighted by molar-refractivity contribution is 5.90. The molecule has 0 radical (unpaired) electrons. The predicted octanol–water partition coefficient (Wildman–Crippen LogP) is 3.43. The van der Waals surface area contributed by atoms with E-state index in [2.05, 4.69) is 16.0 Å². The van der Waals surface area contributed by atoms with Crippen LogP contribution in [0.4, 0.5) is 15.3 Å². The van der Waals surface area contributed by atoms with Gasteiger partial charge in [-0.2, -0.15) is 0 Å². The Morgan fingerprint density at radius 2 is 1.85 bits per heavy atom. The molecule has 1 aliphatic heterocycles. The van der Waals surface area contributed by atoms with Crippen molar-refractivity contribution in [3.05, 3.63) is 24.3 Å². The maximum Gasteiger partial charge on any atom is 0.319 e. The zero-order valence-corrected chi connectivity index (χ0v) is 16.8. The largest absolute Gasteiger partial charge is 0.492 e. The zero-order chi connectivity index (χ0) is 19.9. The minimum Gasteiger partial charge on any atom is -0.492 e. The number of piperidine rings is 1. The monoisotopic (exact) mass is 376 g/mol. The van der Waals surface area contributed by atoms with E-state index in [0.29, 0.717) is 43.6 Å². The van der Waals surface area contributed by atoms with Gasteiger partial charge in [0.05, 0.1) is 12.3 Å². The maximum atomic E-state index is 12.2. The summed E-state index contributed by atoms with van der Waals surface area (Å²) < 4.78 is 5.52. The fourth-order valence-corrected chi connectivity index (χ4v) is 2.99. The maximum absolute atomic E-state index is 12.2. The van der Waals surface area contributed by atoms with Crippen LogP contribution in [0.5, 0.6) is 5.75 Å². The normalized spacial score (nSPS) is 15.2. The lowest BCUT2D eigenvalue weighted by molar-refractivity contribution is 0.162. The number of likely N-dealkylation sites (tertiary alicyclic amines) is 1. The van der Waals surface area contributed by atoms with Crippen molar-refractivity contribution in [3.63, 3.8) is 0 Å². The molecule has 0 bridgehead atoms. The SMILES string of the molecule is CCOc1ccccc1NC(=O)NCC1CCN(C(=O)NC(C)(C)C)CC1. The van der Waals surface area contributed by atoms with Crippen molar-refractivity contribution in [3.8, 4) is 5.75 Å². The van der Waals surface area contributed by atoms with Crippen LogP contribution in [0.2, 0.25) is 0 Å². The number of hydrogen-bond acceptors (Lipinski definition) is 3. The van der Waals surface area contributed by atoms with Crippen molar-refractivity contribution in [2.75, 3.05) is 31.6 Å². The Balaban J connectivity index is 1.74. The molecule has 2 rings (SSSR count). The Bertz CT molecular complexity index is 634. The van der Waals surface area contributed by atoms with Gasteiger partial charge in [0.25, 0.3) is 0 Å². The van der Waals surface area contributed by atoms with Crippen LogP contribution in [-0.2, 0) is 0 Å². The van der Waals surface area contributed by atoms with E-state index in [1.54, 1.807) is 0 Å². The molecular weight excluding hydrogens is 344 g/mol. The Morgan fingerprint density at radius 3 is 2.48 bits per heavy atom. The molecule has 0 spiro atoms. The summed E-state index contributed by atoms with van der Waals surface area (Å²) >= 11 is 0. The van der Waals surface area contributed by atoms with Gasteiger partial charge in [0.2, 0.25) is 0 Å². The summed E-state index contributed by atoms with van der Waals surface area (Å²) in [5.41, 5.74) is 0.427. The second kappa shape index (κ2) is 9.48. The molecule has 150 valence electrons. The number of urea groups is 2. The van der Waals surface area contributed by atoms with Gasteiger partial charge in [-0.1, -0.05) is 12.1 Å². The van der Waals surface area contributed by atoms with Crippen molar-refractivity contribution < 1.29 is 14.3 Å². The summed E-state index contributed by atoms with van der Waals surface area (Å²) in [7, 11) is 0. The summed E-state index contributed by atoms with van der Waals surface area (Å²) in [6, 6.07) is 7.12. The van der Waals surface area contributed by atoms with E-state index in [-0.39, 0.29) is 17.6 Å². The molecule has 1 fully saturated rings. The molecule has 1 heterocycles. The lowest BCUT2D eigenvalue weighted by atomic mass is 9.97.